The molecule has 0 aliphatic heterocycles. The fourth-order valence-corrected chi connectivity index (χ4v) is 2.01. The van der Waals surface area contributed by atoms with Crippen molar-refractivity contribution >= 4 is 35.6 Å². The maximum atomic E-state index is 12.1. The summed E-state index contributed by atoms with van der Waals surface area (Å²) in [5.74, 6) is -0.108. The molecule has 0 aliphatic carbocycles. The second kappa shape index (κ2) is 9.44. The van der Waals surface area contributed by atoms with Crippen LogP contribution in [0.3, 0.4) is 0 Å². The molecule has 0 fully saturated rings. The molecule has 0 radical (unpaired) electrons. The Morgan fingerprint density at radius 1 is 1.24 bits per heavy atom. The minimum atomic E-state index is -4.71. The van der Waals surface area contributed by atoms with Gasteiger partial charge < -0.3 is 15.8 Å². The molecule has 5 nitrogen and oxygen atoms in total. The lowest BCUT2D eigenvalue weighted by Gasteiger charge is -2.10. The van der Waals surface area contributed by atoms with E-state index in [0.29, 0.717) is 12.2 Å². The molecule has 3 N–H and O–H groups in total. The molecule has 0 unspecified atom stereocenters. The molecule has 0 amide bonds. The molecular weight excluding hydrogens is 448 g/mol. The lowest BCUT2D eigenvalue weighted by molar-refractivity contribution is -0.274. The van der Waals surface area contributed by atoms with Crippen LogP contribution in [0.25, 0.3) is 0 Å². The van der Waals surface area contributed by atoms with Crippen molar-refractivity contribution in [2.45, 2.75) is 19.7 Å². The number of aliphatic imine (C=N–C) groups is 1. The van der Waals surface area contributed by atoms with Gasteiger partial charge in [0.05, 0.1) is 0 Å². The average Bonchev–Trinajstić information content (AvgIpc) is 2.50. The van der Waals surface area contributed by atoms with Crippen molar-refractivity contribution in [3.05, 3.63) is 53.9 Å². The second-order valence-electron chi connectivity index (χ2n) is 5.02. The lowest BCUT2D eigenvalue weighted by Crippen LogP contribution is -2.23. The van der Waals surface area contributed by atoms with Gasteiger partial charge in [-0.05, 0) is 54.8 Å². The van der Waals surface area contributed by atoms with Crippen molar-refractivity contribution in [3.63, 3.8) is 0 Å². The third-order valence-corrected chi connectivity index (χ3v) is 3.16. The van der Waals surface area contributed by atoms with E-state index in [1.165, 1.54) is 24.3 Å². The van der Waals surface area contributed by atoms with Crippen LogP contribution in [0.15, 0.2) is 47.7 Å². The standard InChI is InChI=1S/C16H17F3N4O.HI/c1-11-10-21-8-6-12(11)7-9-22-15(20)23-13-2-4-14(5-3-13)24-16(17,18)19;/h2-6,8,10H,7,9H2,1H3,(H3,20,22,23);1H. The number of aryl methyl sites for hydroxylation is 1. The number of nitrogens with zero attached hydrogens (tertiary/aromatic N) is 2. The Morgan fingerprint density at radius 2 is 1.92 bits per heavy atom. The van der Waals surface area contributed by atoms with Gasteiger partial charge in [-0.1, -0.05) is 0 Å². The van der Waals surface area contributed by atoms with E-state index in [1.54, 1.807) is 12.4 Å². The van der Waals surface area contributed by atoms with Crippen LogP contribution >= 0.6 is 24.0 Å². The highest BCUT2D eigenvalue weighted by Crippen LogP contribution is 2.23. The Morgan fingerprint density at radius 3 is 2.52 bits per heavy atom. The van der Waals surface area contributed by atoms with Gasteiger partial charge in [0, 0.05) is 24.6 Å². The number of hydrogen-bond donors (Lipinski definition) is 2. The fourth-order valence-electron chi connectivity index (χ4n) is 2.01. The van der Waals surface area contributed by atoms with Crippen LogP contribution in [0.4, 0.5) is 18.9 Å². The first-order chi connectivity index (χ1) is 11.3. The highest BCUT2D eigenvalue weighted by Gasteiger charge is 2.30. The quantitative estimate of drug-likeness (QED) is 0.399. The molecule has 0 spiro atoms. The number of nitrogens with two attached hydrogens (primary N) is 1. The zero-order valence-electron chi connectivity index (χ0n) is 13.4. The Bertz CT molecular complexity index is 705. The number of alkyl halides is 3. The summed E-state index contributed by atoms with van der Waals surface area (Å²) in [4.78, 5) is 8.21. The number of aromatic nitrogens is 1. The first-order valence-electron chi connectivity index (χ1n) is 7.16. The number of anilines is 1. The van der Waals surface area contributed by atoms with Crippen molar-refractivity contribution in [1.29, 1.82) is 0 Å². The summed E-state index contributed by atoms with van der Waals surface area (Å²) < 4.78 is 40.0. The van der Waals surface area contributed by atoms with Crippen molar-refractivity contribution < 1.29 is 17.9 Å². The normalized spacial score (nSPS) is 11.6. The molecule has 1 aromatic carbocycles. The monoisotopic (exact) mass is 466 g/mol. The highest BCUT2D eigenvalue weighted by molar-refractivity contribution is 14.0. The van der Waals surface area contributed by atoms with Crippen molar-refractivity contribution in [1.82, 2.24) is 4.98 Å². The van der Waals surface area contributed by atoms with E-state index in [2.05, 4.69) is 20.0 Å². The minimum absolute atomic E-state index is 0. The Balaban J connectivity index is 0.00000312. The van der Waals surface area contributed by atoms with Crippen LogP contribution in [0.1, 0.15) is 11.1 Å². The van der Waals surface area contributed by atoms with Crippen LogP contribution in [0.2, 0.25) is 0 Å². The second-order valence-corrected chi connectivity index (χ2v) is 5.02. The Kier molecular flexibility index (Phi) is 7.94. The zero-order valence-corrected chi connectivity index (χ0v) is 15.7. The van der Waals surface area contributed by atoms with Gasteiger partial charge in [-0.2, -0.15) is 0 Å². The van der Waals surface area contributed by atoms with E-state index >= 15 is 0 Å². The van der Waals surface area contributed by atoms with Gasteiger partial charge in [-0.25, -0.2) is 0 Å². The van der Waals surface area contributed by atoms with Crippen molar-refractivity contribution in [2.24, 2.45) is 10.7 Å². The first kappa shape index (κ1) is 21.0. The summed E-state index contributed by atoms with van der Waals surface area (Å²) in [6.07, 6.45) is -0.487. The van der Waals surface area contributed by atoms with Gasteiger partial charge in [0.25, 0.3) is 0 Å². The summed E-state index contributed by atoms with van der Waals surface area (Å²) in [7, 11) is 0. The number of ether oxygens (including phenoxy) is 1. The van der Waals surface area contributed by atoms with E-state index in [-0.39, 0.29) is 35.7 Å². The maximum absolute atomic E-state index is 12.1. The molecule has 2 aromatic rings. The molecule has 1 aromatic heterocycles. The largest absolute Gasteiger partial charge is 0.573 e. The number of rotatable bonds is 5. The van der Waals surface area contributed by atoms with Gasteiger partial charge in [-0.3, -0.25) is 9.98 Å². The molecule has 1 heterocycles. The molecule has 9 heteroatoms. The summed E-state index contributed by atoms with van der Waals surface area (Å²) >= 11 is 0. The number of nitrogens with one attached hydrogen (secondary N) is 1. The number of halogens is 4. The smallest absolute Gasteiger partial charge is 0.406 e. The molecule has 2 rings (SSSR count). The van der Waals surface area contributed by atoms with E-state index < -0.39 is 6.36 Å². The van der Waals surface area contributed by atoms with E-state index in [9.17, 15) is 13.2 Å². The predicted octanol–water partition coefficient (Wildman–Crippen LogP) is 3.88. The Labute approximate surface area is 160 Å². The van der Waals surface area contributed by atoms with Crippen molar-refractivity contribution in [2.75, 3.05) is 11.9 Å². The molecule has 0 atom stereocenters. The highest BCUT2D eigenvalue weighted by atomic mass is 127. The molecule has 25 heavy (non-hydrogen) atoms. The van der Waals surface area contributed by atoms with Gasteiger partial charge in [-0.15, -0.1) is 37.1 Å². The summed E-state index contributed by atoms with van der Waals surface area (Å²) in [5.41, 5.74) is 8.50. The van der Waals surface area contributed by atoms with Crippen LogP contribution in [0.5, 0.6) is 5.75 Å². The third-order valence-electron chi connectivity index (χ3n) is 3.16. The third kappa shape index (κ3) is 7.59. The summed E-state index contributed by atoms with van der Waals surface area (Å²) in [5, 5.41) is 2.81. The molecule has 0 aliphatic rings. The number of pyridine rings is 1. The Hall–Kier alpha value is -2.04. The zero-order chi connectivity index (χ0) is 17.6. The average molecular weight is 466 g/mol. The first-order valence-corrected chi connectivity index (χ1v) is 7.16. The molecule has 136 valence electrons. The predicted molar refractivity (Wildman–Crippen MR) is 101 cm³/mol. The van der Waals surface area contributed by atoms with Gasteiger partial charge in [0.1, 0.15) is 5.75 Å². The lowest BCUT2D eigenvalue weighted by atomic mass is 10.1. The van der Waals surface area contributed by atoms with Crippen molar-refractivity contribution in [3.8, 4) is 5.75 Å². The molecule has 0 saturated heterocycles. The van der Waals surface area contributed by atoms with Gasteiger partial charge in [0.2, 0.25) is 0 Å². The number of guanidine groups is 1. The number of hydrogen-bond acceptors (Lipinski definition) is 3. The van der Waals surface area contributed by atoms with E-state index in [4.69, 9.17) is 5.73 Å². The van der Waals surface area contributed by atoms with Crippen LogP contribution in [-0.4, -0.2) is 23.9 Å². The van der Waals surface area contributed by atoms with E-state index in [1.807, 2.05) is 13.0 Å². The summed E-state index contributed by atoms with van der Waals surface area (Å²) in [6.45, 7) is 2.46. The molecule has 0 saturated carbocycles. The minimum Gasteiger partial charge on any atom is -0.406 e. The summed E-state index contributed by atoms with van der Waals surface area (Å²) in [6, 6.07) is 7.17. The van der Waals surface area contributed by atoms with Gasteiger partial charge in [0.15, 0.2) is 5.96 Å². The van der Waals surface area contributed by atoms with Crippen LogP contribution < -0.4 is 15.8 Å². The fraction of sp³-hybridized carbons (Fsp3) is 0.250. The SMILES string of the molecule is Cc1cnccc1CCN=C(N)Nc1ccc(OC(F)(F)F)cc1.I. The molecule has 0 bridgehead atoms. The molecular formula is C16H18F3IN4O. The topological polar surface area (TPSA) is 72.5 Å². The van der Waals surface area contributed by atoms with Crippen LogP contribution in [-0.2, 0) is 6.42 Å². The van der Waals surface area contributed by atoms with Gasteiger partial charge >= 0.3 is 6.36 Å². The number of benzene rings is 1. The van der Waals surface area contributed by atoms with Crippen LogP contribution in [0, 0.1) is 6.92 Å². The maximum Gasteiger partial charge on any atom is 0.573 e. The van der Waals surface area contributed by atoms with E-state index in [0.717, 1.165) is 17.5 Å².